The molecule has 1 aromatic heterocycles. The molecule has 29 heavy (non-hydrogen) atoms. The van der Waals surface area contributed by atoms with Crippen LogP contribution in [0.5, 0.6) is 0 Å². The summed E-state index contributed by atoms with van der Waals surface area (Å²) in [5.41, 5.74) is -1.69. The van der Waals surface area contributed by atoms with E-state index in [4.69, 9.17) is 9.15 Å². The summed E-state index contributed by atoms with van der Waals surface area (Å²) in [6.45, 7) is 7.29. The molecule has 1 spiro atoms. The Kier molecular flexibility index (Phi) is 5.52. The van der Waals surface area contributed by atoms with Crippen molar-refractivity contribution in [2.45, 2.75) is 70.4 Å². The maximum atomic E-state index is 13.1. The fourth-order valence-electron chi connectivity index (χ4n) is 3.83. The van der Waals surface area contributed by atoms with E-state index >= 15 is 0 Å². The summed E-state index contributed by atoms with van der Waals surface area (Å²) in [4.78, 5) is 41.0. The Labute approximate surface area is 168 Å². The van der Waals surface area contributed by atoms with Crippen LogP contribution in [0, 0.1) is 0 Å². The molecule has 3 rings (SSSR count). The molecule has 0 bridgehead atoms. The first-order chi connectivity index (χ1) is 13.5. The lowest BCUT2D eigenvalue weighted by molar-refractivity contribution is -0.171. The molecule has 11 heteroatoms. The minimum Gasteiger partial charge on any atom is -0.444 e. The Morgan fingerprint density at radius 1 is 1.45 bits per heavy atom. The van der Waals surface area contributed by atoms with Gasteiger partial charge in [0.05, 0.1) is 19.2 Å². The van der Waals surface area contributed by atoms with Crippen LogP contribution in [0.15, 0.2) is 10.8 Å². The van der Waals surface area contributed by atoms with Gasteiger partial charge in [-0.25, -0.2) is 4.79 Å². The first-order valence-corrected chi connectivity index (χ1v) is 9.58. The van der Waals surface area contributed by atoms with Crippen LogP contribution in [0.2, 0.25) is 0 Å². The molecule has 0 aliphatic carbocycles. The maximum absolute atomic E-state index is 13.1. The van der Waals surface area contributed by atoms with Crippen LogP contribution < -0.4 is 5.32 Å². The van der Waals surface area contributed by atoms with Crippen molar-refractivity contribution in [1.29, 1.82) is 0 Å². The molecule has 2 saturated heterocycles. The van der Waals surface area contributed by atoms with E-state index in [0.29, 0.717) is 19.4 Å². The third kappa shape index (κ3) is 4.04. The Bertz CT molecular complexity index is 774. The minimum absolute atomic E-state index is 0.0146. The van der Waals surface area contributed by atoms with Gasteiger partial charge < -0.3 is 24.5 Å². The topological polar surface area (TPSA) is 138 Å². The predicted octanol–water partition coefficient (Wildman–Crippen LogP) is 0.0471. The largest absolute Gasteiger partial charge is 0.444 e. The van der Waals surface area contributed by atoms with E-state index < -0.39 is 35.3 Å². The van der Waals surface area contributed by atoms with Crippen LogP contribution in [-0.4, -0.2) is 79.4 Å². The molecule has 2 N–H and O–H groups in total. The molecular formula is C18H27N5O6. The van der Waals surface area contributed by atoms with Crippen molar-refractivity contribution >= 4 is 17.9 Å². The number of aromatic nitrogens is 2. The van der Waals surface area contributed by atoms with Gasteiger partial charge in [0.25, 0.3) is 5.91 Å². The van der Waals surface area contributed by atoms with Crippen molar-refractivity contribution in [2.24, 2.45) is 0 Å². The van der Waals surface area contributed by atoms with E-state index in [2.05, 4.69) is 15.5 Å². The van der Waals surface area contributed by atoms with E-state index in [9.17, 15) is 19.5 Å². The summed E-state index contributed by atoms with van der Waals surface area (Å²) in [5.74, 6) is -0.691. The summed E-state index contributed by atoms with van der Waals surface area (Å²) < 4.78 is 10.4. The van der Waals surface area contributed by atoms with Gasteiger partial charge in [0.15, 0.2) is 0 Å². The molecule has 11 nitrogen and oxygen atoms in total. The lowest BCUT2D eigenvalue weighted by Crippen LogP contribution is -2.77. The number of aliphatic hydroxyl groups excluding tert-OH is 1. The average Bonchev–Trinajstić information content (AvgIpc) is 3.28. The number of carbonyl (C=O) groups excluding carboxylic acids is 3. The highest BCUT2D eigenvalue weighted by Gasteiger charge is 2.62. The highest BCUT2D eigenvalue weighted by atomic mass is 16.6. The van der Waals surface area contributed by atoms with Gasteiger partial charge in [-0.3, -0.25) is 14.5 Å². The van der Waals surface area contributed by atoms with Gasteiger partial charge in [0.1, 0.15) is 17.2 Å². The van der Waals surface area contributed by atoms with E-state index in [1.54, 1.807) is 20.8 Å². The SMILES string of the molecule is CC(O)C(C(=O)NCc1nnco1)N1CC2(CCCN2C(=O)OC(C)(C)C)C1=O. The number of carbonyl (C=O) groups is 3. The summed E-state index contributed by atoms with van der Waals surface area (Å²) in [6.07, 6.45) is 0.661. The number of nitrogens with zero attached hydrogens (tertiary/aromatic N) is 4. The van der Waals surface area contributed by atoms with Gasteiger partial charge in [-0.15, -0.1) is 10.2 Å². The van der Waals surface area contributed by atoms with Crippen molar-refractivity contribution in [2.75, 3.05) is 13.1 Å². The van der Waals surface area contributed by atoms with E-state index in [1.165, 1.54) is 16.7 Å². The van der Waals surface area contributed by atoms with Crippen molar-refractivity contribution in [1.82, 2.24) is 25.3 Å². The van der Waals surface area contributed by atoms with Crippen molar-refractivity contribution in [3.63, 3.8) is 0 Å². The zero-order chi connectivity index (χ0) is 21.4. The maximum Gasteiger partial charge on any atom is 0.411 e. The van der Waals surface area contributed by atoms with Gasteiger partial charge in [0, 0.05) is 6.54 Å². The van der Waals surface area contributed by atoms with Crippen LogP contribution in [0.3, 0.4) is 0 Å². The third-order valence-electron chi connectivity index (χ3n) is 5.07. The highest BCUT2D eigenvalue weighted by molar-refractivity contribution is 5.99. The van der Waals surface area contributed by atoms with Gasteiger partial charge in [0.2, 0.25) is 18.2 Å². The highest BCUT2D eigenvalue weighted by Crippen LogP contribution is 2.41. The Morgan fingerprint density at radius 3 is 2.72 bits per heavy atom. The van der Waals surface area contributed by atoms with Crippen LogP contribution in [0.25, 0.3) is 0 Å². The van der Waals surface area contributed by atoms with Gasteiger partial charge >= 0.3 is 6.09 Å². The molecule has 0 radical (unpaired) electrons. The summed E-state index contributed by atoms with van der Waals surface area (Å²) in [7, 11) is 0. The molecule has 3 unspecified atom stereocenters. The Balaban J connectivity index is 1.69. The zero-order valence-electron chi connectivity index (χ0n) is 17.0. The molecule has 0 aromatic carbocycles. The first-order valence-electron chi connectivity index (χ1n) is 9.58. The van der Waals surface area contributed by atoms with Crippen LogP contribution in [0.4, 0.5) is 4.79 Å². The fourth-order valence-corrected chi connectivity index (χ4v) is 3.83. The first kappa shape index (κ1) is 21.0. The van der Waals surface area contributed by atoms with Crippen LogP contribution in [0.1, 0.15) is 46.4 Å². The van der Waals surface area contributed by atoms with Crippen LogP contribution >= 0.6 is 0 Å². The van der Waals surface area contributed by atoms with Crippen molar-refractivity contribution in [3.8, 4) is 0 Å². The molecule has 1 aromatic rings. The number of aliphatic hydroxyl groups is 1. The lowest BCUT2D eigenvalue weighted by Gasteiger charge is -2.53. The number of nitrogens with one attached hydrogen (secondary N) is 1. The van der Waals surface area contributed by atoms with Crippen LogP contribution in [-0.2, 0) is 20.9 Å². The molecule has 3 amide bonds. The smallest absolute Gasteiger partial charge is 0.411 e. The normalized spacial score (nSPS) is 23.7. The van der Waals surface area contributed by atoms with Gasteiger partial charge in [-0.2, -0.15) is 0 Å². The van der Waals surface area contributed by atoms with Crippen molar-refractivity contribution in [3.05, 3.63) is 12.3 Å². The van der Waals surface area contributed by atoms with Gasteiger partial charge in [-0.05, 0) is 40.5 Å². The number of likely N-dealkylation sites (tertiary alicyclic amines) is 2. The quantitative estimate of drug-likeness (QED) is 0.651. The number of hydrogen-bond donors (Lipinski definition) is 2. The van der Waals surface area contributed by atoms with Crippen molar-refractivity contribution < 1.29 is 28.6 Å². The predicted molar refractivity (Wildman–Crippen MR) is 98.2 cm³/mol. The molecule has 2 aliphatic heterocycles. The second-order valence-corrected chi connectivity index (χ2v) is 8.44. The average molecular weight is 409 g/mol. The molecule has 2 aliphatic rings. The fraction of sp³-hybridized carbons (Fsp3) is 0.722. The molecule has 3 atom stereocenters. The number of β-lactam (4-membered cyclic amide) rings is 1. The van der Waals surface area contributed by atoms with Gasteiger partial charge in [-0.1, -0.05) is 0 Å². The Morgan fingerprint density at radius 2 is 2.17 bits per heavy atom. The van der Waals surface area contributed by atoms with E-state index in [1.807, 2.05) is 0 Å². The monoisotopic (exact) mass is 409 g/mol. The molecule has 3 heterocycles. The molecule has 0 saturated carbocycles. The second-order valence-electron chi connectivity index (χ2n) is 8.44. The third-order valence-corrected chi connectivity index (χ3v) is 5.07. The zero-order valence-corrected chi connectivity index (χ0v) is 17.0. The van der Waals surface area contributed by atoms with E-state index in [0.717, 1.165) is 6.39 Å². The molecule has 2 fully saturated rings. The number of amides is 3. The molecule has 160 valence electrons. The number of rotatable bonds is 5. The number of ether oxygens (including phenoxy) is 1. The summed E-state index contributed by atoms with van der Waals surface area (Å²) in [5, 5.41) is 19.9. The Hall–Kier alpha value is -2.69. The van der Waals surface area contributed by atoms with E-state index in [-0.39, 0.29) is 24.9 Å². The summed E-state index contributed by atoms with van der Waals surface area (Å²) >= 11 is 0. The second kappa shape index (κ2) is 7.62. The molecular weight excluding hydrogens is 382 g/mol. The lowest BCUT2D eigenvalue weighted by atomic mass is 9.83. The standard InChI is InChI=1S/C18H27N5O6/c1-11(24)13(14(25)19-8-12-21-20-10-28-12)22-9-18(15(22)26)6-5-7-23(18)16(27)29-17(2,3)4/h10-11,13,24H,5-9H2,1-4H3,(H,19,25). The summed E-state index contributed by atoms with van der Waals surface area (Å²) in [6, 6.07) is -1.09. The minimum atomic E-state index is -1.10. The number of hydrogen-bond acceptors (Lipinski definition) is 8.